The van der Waals surface area contributed by atoms with Crippen molar-refractivity contribution < 1.29 is 72.7 Å². The van der Waals surface area contributed by atoms with Crippen LogP contribution < -0.4 is 48.9 Å². The van der Waals surface area contributed by atoms with Crippen molar-refractivity contribution in [1.82, 2.24) is 5.32 Å². The van der Waals surface area contributed by atoms with Crippen LogP contribution in [0.2, 0.25) is 0 Å². The highest BCUT2D eigenvalue weighted by Crippen LogP contribution is 2.39. The van der Waals surface area contributed by atoms with Crippen molar-refractivity contribution in [2.45, 2.75) is 38.9 Å². The molecule has 0 amide bonds. The summed E-state index contributed by atoms with van der Waals surface area (Å²) in [5.41, 5.74) is 14.9. The summed E-state index contributed by atoms with van der Waals surface area (Å²) >= 11 is 0. The lowest BCUT2D eigenvalue weighted by Crippen LogP contribution is -2.52. The smallest absolute Gasteiger partial charge is 0.326 e. The Hall–Kier alpha value is -8.35. The number of aliphatic hydroxyl groups excluding tert-OH is 2. The molecule has 6 aromatic rings. The highest BCUT2D eigenvalue weighted by molar-refractivity contribution is 5.86. The molecule has 0 bridgehead atoms. The molecule has 17 nitrogen and oxygen atoms in total. The number of carboxylic acids is 2. The average molecular weight is 1040 g/mol. The second-order valence-electron chi connectivity index (χ2n) is 17.6. The number of rotatable bonds is 18. The molecule has 2 aliphatic heterocycles. The number of carbonyl (C=O) groups excluding carboxylic acids is 1. The summed E-state index contributed by atoms with van der Waals surface area (Å²) in [6.45, 7) is 6.92. The van der Waals surface area contributed by atoms with Gasteiger partial charge in [-0.05, 0) is 125 Å². The molecule has 0 aliphatic carbocycles. The Morgan fingerprint density at radius 3 is 1.41 bits per heavy atom. The van der Waals surface area contributed by atoms with E-state index in [2.05, 4.69) is 49.5 Å². The predicted molar refractivity (Wildman–Crippen MR) is 290 cm³/mol. The first-order chi connectivity index (χ1) is 36.6. The molecular formula is C59H64N2O15. The van der Waals surface area contributed by atoms with Gasteiger partial charge in [0, 0.05) is 12.1 Å². The van der Waals surface area contributed by atoms with Crippen LogP contribution in [-0.4, -0.2) is 118 Å². The fraction of sp³-hybridized carbons (Fsp3) is 0.271. The number of nitrogens with two attached hydrogens (primary N) is 1. The van der Waals surface area contributed by atoms with Gasteiger partial charge in [0.2, 0.25) is 0 Å². The quantitative estimate of drug-likeness (QED) is 0.0350. The molecule has 17 heteroatoms. The lowest BCUT2D eigenvalue weighted by molar-refractivity contribution is -0.146. The van der Waals surface area contributed by atoms with Crippen molar-refractivity contribution in [2.24, 2.45) is 5.73 Å². The molecule has 76 heavy (non-hydrogen) atoms. The average Bonchev–Trinajstić information content (AvgIpc) is 3.45. The summed E-state index contributed by atoms with van der Waals surface area (Å²) in [5, 5.41) is 37.8. The molecular weight excluding hydrogens is 977 g/mol. The summed E-state index contributed by atoms with van der Waals surface area (Å²) in [7, 11) is 6.18. The van der Waals surface area contributed by atoms with Crippen LogP contribution in [0.15, 0.2) is 97.1 Å². The van der Waals surface area contributed by atoms with Gasteiger partial charge in [0.15, 0.2) is 29.3 Å². The third-order valence-electron chi connectivity index (χ3n) is 12.6. The predicted octanol–water partition coefficient (Wildman–Crippen LogP) is 8.37. The van der Waals surface area contributed by atoms with E-state index < -0.39 is 36.7 Å². The molecule has 0 spiro atoms. The number of methoxy groups -OCH3 is 4. The maximum absolute atomic E-state index is 11.6. The van der Waals surface area contributed by atoms with Crippen LogP contribution in [0.5, 0.6) is 46.0 Å². The van der Waals surface area contributed by atoms with Crippen LogP contribution in [0, 0.1) is 13.8 Å². The number of benzene rings is 6. The van der Waals surface area contributed by atoms with Gasteiger partial charge in [0.05, 0.1) is 47.2 Å². The Morgan fingerprint density at radius 2 is 1.05 bits per heavy atom. The minimum absolute atomic E-state index is 0.135. The van der Waals surface area contributed by atoms with Gasteiger partial charge in [-0.3, -0.25) is 19.7 Å². The summed E-state index contributed by atoms with van der Waals surface area (Å²) < 4.78 is 44.7. The standard InChI is InChI=1S/C30H33NO7.C26H24O5.C3H7NO3/c1-19-21(6-5-7-23(19)22-10-11-25-28(16-22)38-13-12-37-25)9-8-20-14-26(35-3)24(27(15-20)36-4)17-31-30(2,18-32)29(33)34;1-17-19(8-7-18-13-24(28-2)22(16-27)25(14-18)29-3)5-4-6-21(17)20-9-10-23-26(15-20)31-12-11-30-23;4-2(1-5)3(6)7/h5-11,14-16,31-32H,12-13,17-18H2,1-4H3,(H,33,34);4-10,13-16H,11-12H2,1-3H3;2,5H,1,4H2,(H,6,7)/b9-8+;8-7+;. The number of carboxylic acid groups (broad SMARTS) is 2. The van der Waals surface area contributed by atoms with E-state index in [1.807, 2.05) is 91.0 Å². The van der Waals surface area contributed by atoms with Crippen LogP contribution >= 0.6 is 0 Å². The molecule has 6 aromatic carbocycles. The Bertz CT molecular complexity index is 3030. The van der Waals surface area contributed by atoms with Crippen LogP contribution in [0.4, 0.5) is 0 Å². The molecule has 2 atom stereocenters. The Balaban J connectivity index is 0.000000222. The van der Waals surface area contributed by atoms with Gasteiger partial charge < -0.3 is 64.1 Å². The van der Waals surface area contributed by atoms with Crippen molar-refractivity contribution >= 4 is 42.5 Å². The van der Waals surface area contributed by atoms with Gasteiger partial charge >= 0.3 is 11.9 Å². The zero-order valence-electron chi connectivity index (χ0n) is 43.5. The van der Waals surface area contributed by atoms with Crippen LogP contribution in [0.1, 0.15) is 56.2 Å². The molecule has 400 valence electrons. The number of nitrogens with one attached hydrogen (secondary N) is 1. The first kappa shape index (κ1) is 56.9. The zero-order valence-corrected chi connectivity index (χ0v) is 43.5. The number of fused-ring (bicyclic) bond motifs is 2. The highest BCUT2D eigenvalue weighted by atomic mass is 16.6. The minimum atomic E-state index is -1.49. The summed E-state index contributed by atoms with van der Waals surface area (Å²) in [6, 6.07) is 30.7. The van der Waals surface area contributed by atoms with E-state index in [4.69, 9.17) is 53.8 Å². The number of ether oxygens (including phenoxy) is 8. The number of aliphatic carboxylic acids is 2. The van der Waals surface area contributed by atoms with Crippen LogP contribution in [0.3, 0.4) is 0 Å². The van der Waals surface area contributed by atoms with Gasteiger partial charge in [0.1, 0.15) is 61.0 Å². The molecule has 0 saturated heterocycles. The fourth-order valence-electron chi connectivity index (χ4n) is 8.09. The lowest BCUT2D eigenvalue weighted by Gasteiger charge is -2.25. The third-order valence-corrected chi connectivity index (χ3v) is 12.6. The molecule has 2 aliphatic rings. The monoisotopic (exact) mass is 1040 g/mol. The number of hydrogen-bond donors (Lipinski definition) is 6. The third kappa shape index (κ3) is 13.9. The van der Waals surface area contributed by atoms with E-state index in [1.54, 1.807) is 14.2 Å². The first-order valence-electron chi connectivity index (χ1n) is 24.1. The topological polar surface area (TPSA) is 244 Å². The van der Waals surface area contributed by atoms with Crippen molar-refractivity contribution in [1.29, 1.82) is 0 Å². The van der Waals surface area contributed by atoms with E-state index in [-0.39, 0.29) is 6.54 Å². The van der Waals surface area contributed by atoms with E-state index in [0.717, 1.165) is 84.9 Å². The summed E-state index contributed by atoms with van der Waals surface area (Å²) in [5.74, 6) is 2.81. The van der Waals surface area contributed by atoms with Crippen molar-refractivity contribution in [2.75, 3.05) is 68.1 Å². The highest BCUT2D eigenvalue weighted by Gasteiger charge is 2.32. The second-order valence-corrected chi connectivity index (χ2v) is 17.6. The fourth-order valence-corrected chi connectivity index (χ4v) is 8.09. The second kappa shape index (κ2) is 26.7. The van der Waals surface area contributed by atoms with Crippen molar-refractivity contribution in [3.8, 4) is 68.2 Å². The Labute approximate surface area is 441 Å². The van der Waals surface area contributed by atoms with Gasteiger partial charge in [-0.15, -0.1) is 0 Å². The Kier molecular flexibility index (Phi) is 20.0. The van der Waals surface area contributed by atoms with Crippen LogP contribution in [-0.2, 0) is 16.1 Å². The summed E-state index contributed by atoms with van der Waals surface area (Å²) in [6.07, 6.45) is 8.79. The molecule has 0 fully saturated rings. The zero-order chi connectivity index (χ0) is 54.9. The molecule has 8 rings (SSSR count). The SMILES string of the molecule is COc1cc(/C=C/c2cccc(-c3ccc4c(c3)OCCO4)c2C)cc(OC)c1C=O.COc1cc(/C=C/c2cccc(-c3ccc4c(c3)OCCO4)c2C)cc(OC)c1CNC(C)(CO)C(=O)O.NC(CO)C(=O)O. The largest absolute Gasteiger partial charge is 0.496 e. The molecule has 0 saturated carbocycles. The number of aldehydes is 1. The molecule has 2 heterocycles. The molecule has 2 unspecified atom stereocenters. The van der Waals surface area contributed by atoms with E-state index in [0.29, 0.717) is 60.6 Å². The van der Waals surface area contributed by atoms with Gasteiger partial charge in [-0.2, -0.15) is 0 Å². The molecule has 7 N–H and O–H groups in total. The number of carbonyl (C=O) groups is 3. The van der Waals surface area contributed by atoms with Crippen LogP contribution in [0.25, 0.3) is 46.6 Å². The van der Waals surface area contributed by atoms with Crippen molar-refractivity contribution in [3.63, 3.8) is 0 Å². The number of hydrogen-bond acceptors (Lipinski definition) is 15. The van der Waals surface area contributed by atoms with Gasteiger partial charge in [-0.1, -0.05) is 72.8 Å². The van der Waals surface area contributed by atoms with Gasteiger partial charge in [0.25, 0.3) is 0 Å². The lowest BCUT2D eigenvalue weighted by atomic mass is 9.95. The molecule has 0 aromatic heterocycles. The van der Waals surface area contributed by atoms with Gasteiger partial charge in [-0.25, -0.2) is 0 Å². The maximum atomic E-state index is 11.6. The van der Waals surface area contributed by atoms with E-state index >= 15 is 0 Å². The maximum Gasteiger partial charge on any atom is 0.326 e. The Morgan fingerprint density at radius 1 is 0.632 bits per heavy atom. The van der Waals surface area contributed by atoms with Crippen molar-refractivity contribution in [3.05, 3.63) is 142 Å². The summed E-state index contributed by atoms with van der Waals surface area (Å²) in [4.78, 5) is 32.6. The van der Waals surface area contributed by atoms with E-state index in [1.165, 1.54) is 21.1 Å². The normalized spacial score (nSPS) is 13.5. The first-order valence-corrected chi connectivity index (χ1v) is 24.1. The van der Waals surface area contributed by atoms with E-state index in [9.17, 15) is 24.6 Å². The minimum Gasteiger partial charge on any atom is -0.496 e. The molecule has 0 radical (unpaired) electrons. The number of aliphatic hydroxyl groups is 2.